The molecule has 2 N–H and O–H groups in total. The number of benzene rings is 1. The van der Waals surface area contributed by atoms with Gasteiger partial charge in [-0.05, 0) is 43.4 Å². The third-order valence-electron chi connectivity index (χ3n) is 3.95. The molecule has 3 rings (SSSR count). The SMILES string of the molecule is O=S(=O)(NC1CCC1)c1cc(Cl)cc(CNC2CC2)c1Cl. The molecular formula is C14H18Cl2N2O2S. The van der Waals surface area contributed by atoms with Crippen molar-refractivity contribution in [3.63, 3.8) is 0 Å². The average molecular weight is 349 g/mol. The van der Waals surface area contributed by atoms with E-state index in [2.05, 4.69) is 10.0 Å². The molecule has 0 unspecified atom stereocenters. The minimum atomic E-state index is -3.61. The van der Waals surface area contributed by atoms with Crippen molar-refractivity contribution in [1.29, 1.82) is 0 Å². The van der Waals surface area contributed by atoms with Crippen LogP contribution in [0.5, 0.6) is 0 Å². The highest BCUT2D eigenvalue weighted by Gasteiger charge is 2.28. The van der Waals surface area contributed by atoms with Crippen LogP contribution >= 0.6 is 23.2 Å². The molecule has 2 saturated carbocycles. The smallest absolute Gasteiger partial charge is 0.242 e. The summed E-state index contributed by atoms with van der Waals surface area (Å²) in [6, 6.07) is 3.69. The Morgan fingerprint density at radius 2 is 1.81 bits per heavy atom. The zero-order valence-corrected chi connectivity index (χ0v) is 13.9. The number of rotatable bonds is 6. The van der Waals surface area contributed by atoms with Crippen molar-refractivity contribution in [2.45, 2.75) is 55.6 Å². The fraction of sp³-hybridized carbons (Fsp3) is 0.571. The van der Waals surface area contributed by atoms with Gasteiger partial charge in [-0.3, -0.25) is 0 Å². The largest absolute Gasteiger partial charge is 0.310 e. The molecule has 0 heterocycles. The van der Waals surface area contributed by atoms with Crippen LogP contribution in [0.4, 0.5) is 0 Å². The molecule has 2 aliphatic carbocycles. The summed E-state index contributed by atoms with van der Waals surface area (Å²) in [5.41, 5.74) is 0.727. The van der Waals surface area contributed by atoms with E-state index in [0.717, 1.165) is 37.7 Å². The van der Waals surface area contributed by atoms with E-state index >= 15 is 0 Å². The molecule has 2 fully saturated rings. The summed E-state index contributed by atoms with van der Waals surface area (Å²) in [4.78, 5) is 0.0798. The predicted molar refractivity (Wildman–Crippen MR) is 84.3 cm³/mol. The Morgan fingerprint density at radius 3 is 2.38 bits per heavy atom. The Kier molecular flexibility index (Phi) is 4.48. The summed E-state index contributed by atoms with van der Waals surface area (Å²) in [7, 11) is -3.61. The van der Waals surface area contributed by atoms with E-state index in [1.807, 2.05) is 0 Å². The molecule has 1 aromatic carbocycles. The van der Waals surface area contributed by atoms with Gasteiger partial charge in [-0.2, -0.15) is 0 Å². The Bertz CT molecular complexity index is 641. The van der Waals surface area contributed by atoms with Gasteiger partial charge in [0.15, 0.2) is 0 Å². The second kappa shape index (κ2) is 6.05. The Balaban J connectivity index is 1.85. The normalized spacial score (nSPS) is 19.5. The summed E-state index contributed by atoms with van der Waals surface area (Å²) < 4.78 is 27.6. The highest BCUT2D eigenvalue weighted by atomic mass is 35.5. The van der Waals surface area contributed by atoms with Crippen LogP contribution in [0.2, 0.25) is 10.0 Å². The van der Waals surface area contributed by atoms with Crippen LogP contribution in [0, 0.1) is 0 Å². The van der Waals surface area contributed by atoms with Gasteiger partial charge in [-0.1, -0.05) is 29.6 Å². The summed E-state index contributed by atoms with van der Waals surface area (Å²) in [6.07, 6.45) is 5.15. The van der Waals surface area contributed by atoms with Crippen molar-refractivity contribution >= 4 is 33.2 Å². The summed E-state index contributed by atoms with van der Waals surface area (Å²) >= 11 is 12.4. The third kappa shape index (κ3) is 3.71. The molecule has 0 aliphatic heterocycles. The van der Waals surface area contributed by atoms with E-state index < -0.39 is 10.0 Å². The molecule has 0 saturated heterocycles. The number of hydrogen-bond donors (Lipinski definition) is 2. The highest BCUT2D eigenvalue weighted by molar-refractivity contribution is 7.89. The van der Waals surface area contributed by atoms with Crippen LogP contribution in [0.25, 0.3) is 0 Å². The second-order valence-electron chi connectivity index (χ2n) is 5.78. The zero-order chi connectivity index (χ0) is 15.0. The van der Waals surface area contributed by atoms with Crippen LogP contribution in [0.3, 0.4) is 0 Å². The fourth-order valence-electron chi connectivity index (χ4n) is 2.29. The Morgan fingerprint density at radius 1 is 1.10 bits per heavy atom. The van der Waals surface area contributed by atoms with Crippen molar-refractivity contribution in [1.82, 2.24) is 10.0 Å². The van der Waals surface area contributed by atoms with Gasteiger partial charge in [-0.25, -0.2) is 13.1 Å². The molecule has 0 atom stereocenters. The molecule has 1 aromatic rings. The lowest BCUT2D eigenvalue weighted by atomic mass is 9.94. The van der Waals surface area contributed by atoms with Crippen molar-refractivity contribution < 1.29 is 8.42 Å². The molecule has 2 aliphatic rings. The summed E-state index contributed by atoms with van der Waals surface area (Å²) in [5, 5.41) is 3.98. The lowest BCUT2D eigenvalue weighted by molar-refractivity contribution is 0.383. The topological polar surface area (TPSA) is 58.2 Å². The fourth-order valence-corrected chi connectivity index (χ4v) is 4.53. The van der Waals surface area contributed by atoms with Gasteiger partial charge in [0.1, 0.15) is 4.90 Å². The predicted octanol–water partition coefficient (Wildman–Crippen LogP) is 3.08. The number of hydrogen-bond acceptors (Lipinski definition) is 3. The maximum atomic E-state index is 12.4. The number of halogens is 2. The first kappa shape index (κ1) is 15.6. The monoisotopic (exact) mass is 348 g/mol. The van der Waals surface area contributed by atoms with Gasteiger partial charge in [0.25, 0.3) is 0 Å². The van der Waals surface area contributed by atoms with E-state index in [-0.39, 0.29) is 16.0 Å². The van der Waals surface area contributed by atoms with Crippen molar-refractivity contribution in [3.05, 3.63) is 27.7 Å². The van der Waals surface area contributed by atoms with Crippen LogP contribution in [0.15, 0.2) is 17.0 Å². The van der Waals surface area contributed by atoms with Crippen LogP contribution in [0.1, 0.15) is 37.7 Å². The molecule has 7 heteroatoms. The minimum absolute atomic E-state index is 0.0260. The first-order valence-corrected chi connectivity index (χ1v) is 9.43. The first-order chi connectivity index (χ1) is 9.95. The maximum absolute atomic E-state index is 12.4. The molecule has 4 nitrogen and oxygen atoms in total. The van der Waals surface area contributed by atoms with Crippen molar-refractivity contribution in [3.8, 4) is 0 Å². The number of sulfonamides is 1. The maximum Gasteiger partial charge on any atom is 0.242 e. The summed E-state index contributed by atoms with van der Waals surface area (Å²) in [5.74, 6) is 0. The molecule has 0 spiro atoms. The van der Waals surface area contributed by atoms with Gasteiger partial charge in [-0.15, -0.1) is 0 Å². The highest BCUT2D eigenvalue weighted by Crippen LogP contribution is 2.31. The first-order valence-electron chi connectivity index (χ1n) is 7.19. The molecule has 0 amide bonds. The van der Waals surface area contributed by atoms with Gasteiger partial charge < -0.3 is 5.32 Å². The van der Waals surface area contributed by atoms with Crippen molar-refractivity contribution in [2.75, 3.05) is 0 Å². The van der Waals surface area contributed by atoms with Gasteiger partial charge in [0, 0.05) is 23.7 Å². The van der Waals surface area contributed by atoms with Crippen molar-refractivity contribution in [2.24, 2.45) is 0 Å². The van der Waals surface area contributed by atoms with E-state index in [0.29, 0.717) is 17.6 Å². The molecule has 0 bridgehead atoms. The minimum Gasteiger partial charge on any atom is -0.310 e. The lowest BCUT2D eigenvalue weighted by Crippen LogP contribution is -2.39. The second-order valence-corrected chi connectivity index (χ2v) is 8.28. The molecule has 21 heavy (non-hydrogen) atoms. The quantitative estimate of drug-likeness (QED) is 0.830. The van der Waals surface area contributed by atoms with Gasteiger partial charge >= 0.3 is 0 Å². The van der Waals surface area contributed by atoms with E-state index in [1.165, 1.54) is 6.07 Å². The standard InChI is InChI=1S/C14H18Cl2N2O2S/c15-10-6-9(8-17-11-4-5-11)14(16)13(7-10)21(19,20)18-12-2-1-3-12/h6-7,11-12,17-18H,1-5,8H2. The van der Waals surface area contributed by atoms with Crippen LogP contribution in [-0.4, -0.2) is 20.5 Å². The Hall–Kier alpha value is -0.330. The van der Waals surface area contributed by atoms with Gasteiger partial charge in [0.05, 0.1) is 5.02 Å². The third-order valence-corrected chi connectivity index (χ3v) is 6.28. The van der Waals surface area contributed by atoms with E-state index in [9.17, 15) is 8.42 Å². The lowest BCUT2D eigenvalue weighted by Gasteiger charge is -2.26. The molecule has 0 aromatic heterocycles. The van der Waals surface area contributed by atoms with E-state index in [1.54, 1.807) is 6.07 Å². The van der Waals surface area contributed by atoms with Gasteiger partial charge in [0.2, 0.25) is 10.0 Å². The van der Waals surface area contributed by atoms with Crippen LogP contribution < -0.4 is 10.0 Å². The van der Waals surface area contributed by atoms with Crippen LogP contribution in [-0.2, 0) is 16.6 Å². The molecular weight excluding hydrogens is 331 g/mol. The average Bonchev–Trinajstić information content (AvgIpc) is 3.18. The molecule has 0 radical (unpaired) electrons. The Labute approximate surface area is 135 Å². The molecule has 116 valence electrons. The zero-order valence-electron chi connectivity index (χ0n) is 11.5. The van der Waals surface area contributed by atoms with E-state index in [4.69, 9.17) is 23.2 Å². The number of nitrogens with one attached hydrogen (secondary N) is 2. The summed E-state index contributed by atoms with van der Waals surface area (Å²) in [6.45, 7) is 0.538.